The van der Waals surface area contributed by atoms with Crippen LogP contribution in [0.25, 0.3) is 0 Å². The number of aliphatic hydroxyl groups is 2. The highest BCUT2D eigenvalue weighted by molar-refractivity contribution is 5.96. The Balaban J connectivity index is 1.57. The van der Waals surface area contributed by atoms with Gasteiger partial charge in [-0.3, -0.25) is 14.4 Å². The van der Waals surface area contributed by atoms with Gasteiger partial charge in [-0.2, -0.15) is 0 Å². The summed E-state index contributed by atoms with van der Waals surface area (Å²) in [5, 5.41) is 24.5. The number of carbonyl (C=O) groups is 3. The second kappa shape index (κ2) is 13.3. The molecule has 4 aliphatic carbocycles. The van der Waals surface area contributed by atoms with Gasteiger partial charge in [-0.15, -0.1) is 0 Å². The van der Waals surface area contributed by atoms with Gasteiger partial charge in [0.25, 0.3) is 0 Å². The maximum absolute atomic E-state index is 14.8. The molecule has 4 rings (SSSR count). The molecule has 0 saturated heterocycles. The van der Waals surface area contributed by atoms with Crippen LogP contribution in [0, 0.1) is 40.4 Å². The van der Waals surface area contributed by atoms with Gasteiger partial charge in [-0.1, -0.05) is 112 Å². The number of allylic oxidation sites excluding steroid dienone is 1. The molecule has 7 heteroatoms. The van der Waals surface area contributed by atoms with E-state index in [2.05, 4.69) is 20.8 Å². The largest absolute Gasteiger partial charge is 0.458 e. The molecule has 0 aromatic heterocycles. The Morgan fingerprint density at radius 1 is 0.978 bits per heavy atom. The van der Waals surface area contributed by atoms with Crippen LogP contribution in [0.1, 0.15) is 133 Å². The van der Waals surface area contributed by atoms with Crippen molar-refractivity contribution in [2.24, 2.45) is 40.4 Å². The van der Waals surface area contributed by atoms with E-state index in [9.17, 15) is 24.6 Å². The van der Waals surface area contributed by atoms with Gasteiger partial charge >= 0.3 is 11.9 Å². The molecule has 0 aromatic carbocycles. The Bertz CT molecular complexity index is 1200. The van der Waals surface area contributed by atoms with E-state index in [-0.39, 0.29) is 23.6 Å². The van der Waals surface area contributed by atoms with Gasteiger partial charge in [0.2, 0.25) is 0 Å². The molecule has 2 fully saturated rings. The van der Waals surface area contributed by atoms with Crippen molar-refractivity contribution >= 4 is 17.7 Å². The summed E-state index contributed by atoms with van der Waals surface area (Å²) in [5.74, 6) is -2.75. The summed E-state index contributed by atoms with van der Waals surface area (Å²) < 4.78 is 12.4. The summed E-state index contributed by atoms with van der Waals surface area (Å²) in [6, 6.07) is 0. The summed E-state index contributed by atoms with van der Waals surface area (Å²) in [6.07, 6.45) is 12.1. The van der Waals surface area contributed by atoms with Crippen LogP contribution in [0.5, 0.6) is 0 Å². The summed E-state index contributed by atoms with van der Waals surface area (Å²) in [4.78, 5) is 41.4. The van der Waals surface area contributed by atoms with E-state index in [4.69, 9.17) is 9.47 Å². The highest BCUT2D eigenvalue weighted by Gasteiger charge is 2.83. The SMILES string of the molecule is CCCCCCCCCCCC(=O)O[C@@]12C[C@@H](C)[C@]34C=C(C)[C@H](OC(=O)C(C)C(C)C)[C@@]3(O)[C@H](O)C(C)=C[C@@H](C4=O)[C@@H]1C2(C)C. The molecule has 254 valence electrons. The number of ketones is 1. The molecule has 0 aromatic rings. The van der Waals surface area contributed by atoms with Crippen molar-refractivity contribution in [2.75, 3.05) is 0 Å². The highest BCUT2D eigenvalue weighted by atomic mass is 16.6. The zero-order valence-electron chi connectivity index (χ0n) is 29.4. The standard InChI is InChI=1S/C38H60O7/c1-10-11-12-13-14-15-16-17-18-19-29(39)45-37-22-26(6)36-21-25(5)33(44-34(42)27(7)23(2)3)38(36,43)31(40)24(4)20-28(32(36)41)30(37)35(37,8)9/h20-21,23,26-28,30-31,33,40,43H,10-19,22H2,1-9H3/t26-,27?,28-,30-,31-,33+,36+,37+,38+/m1/s1. The smallest absolute Gasteiger partial charge is 0.309 e. The molecule has 2 N–H and O–H groups in total. The third-order valence-corrected chi connectivity index (χ3v) is 12.4. The fourth-order valence-electron chi connectivity index (χ4n) is 9.20. The van der Waals surface area contributed by atoms with E-state index in [0.29, 0.717) is 24.0 Å². The maximum Gasteiger partial charge on any atom is 0.309 e. The van der Waals surface area contributed by atoms with Crippen LogP contribution in [-0.2, 0) is 23.9 Å². The van der Waals surface area contributed by atoms with Crippen molar-refractivity contribution in [1.29, 1.82) is 0 Å². The van der Waals surface area contributed by atoms with Gasteiger partial charge in [-0.05, 0) is 49.7 Å². The molecular formula is C38H60O7. The summed E-state index contributed by atoms with van der Waals surface area (Å²) in [6.45, 7) is 17.4. The molecule has 4 aliphatic rings. The number of ether oxygens (including phenoxy) is 2. The normalized spacial score (nSPS) is 37.1. The lowest BCUT2D eigenvalue weighted by atomic mass is 9.59. The molecular weight excluding hydrogens is 568 g/mol. The van der Waals surface area contributed by atoms with Crippen LogP contribution in [0.15, 0.2) is 23.3 Å². The van der Waals surface area contributed by atoms with Gasteiger partial charge in [0.15, 0.2) is 17.5 Å². The average Bonchev–Trinajstić information content (AvgIpc) is 3.37. The zero-order chi connectivity index (χ0) is 33.5. The first-order valence-electron chi connectivity index (χ1n) is 17.8. The Morgan fingerprint density at radius 3 is 2.13 bits per heavy atom. The fraction of sp³-hybridized carbons (Fsp3) is 0.816. The van der Waals surface area contributed by atoms with E-state index in [1.54, 1.807) is 32.9 Å². The lowest BCUT2D eigenvalue weighted by Gasteiger charge is -2.49. The van der Waals surface area contributed by atoms with Gasteiger partial charge in [0, 0.05) is 23.7 Å². The number of carbonyl (C=O) groups excluding carboxylic acids is 3. The molecule has 0 heterocycles. The Labute approximate surface area is 271 Å². The van der Waals surface area contributed by atoms with Crippen LogP contribution in [0.3, 0.4) is 0 Å². The first-order valence-corrected chi connectivity index (χ1v) is 17.8. The monoisotopic (exact) mass is 628 g/mol. The molecule has 45 heavy (non-hydrogen) atoms. The molecule has 2 saturated carbocycles. The second-order valence-corrected chi connectivity index (χ2v) is 15.9. The average molecular weight is 629 g/mol. The van der Waals surface area contributed by atoms with Crippen molar-refractivity contribution < 1.29 is 34.1 Å². The van der Waals surface area contributed by atoms with E-state index in [0.717, 1.165) is 19.3 Å². The number of unbranched alkanes of at least 4 members (excludes halogenated alkanes) is 8. The number of aliphatic hydroxyl groups excluding tert-OH is 1. The van der Waals surface area contributed by atoms with Crippen LogP contribution in [0.2, 0.25) is 0 Å². The van der Waals surface area contributed by atoms with Crippen molar-refractivity contribution in [3.63, 3.8) is 0 Å². The quantitative estimate of drug-likeness (QED) is 0.118. The predicted octanol–water partition coefficient (Wildman–Crippen LogP) is 7.27. The number of hydrogen-bond acceptors (Lipinski definition) is 7. The molecule has 9 atom stereocenters. The molecule has 7 nitrogen and oxygen atoms in total. The van der Waals surface area contributed by atoms with Gasteiger partial charge < -0.3 is 19.7 Å². The molecule has 1 unspecified atom stereocenters. The Morgan fingerprint density at radius 2 is 1.56 bits per heavy atom. The van der Waals surface area contributed by atoms with Crippen LogP contribution < -0.4 is 0 Å². The zero-order valence-corrected chi connectivity index (χ0v) is 29.4. The van der Waals surface area contributed by atoms with Crippen LogP contribution in [0.4, 0.5) is 0 Å². The lowest BCUT2D eigenvalue weighted by molar-refractivity contribution is -0.206. The molecule has 2 bridgehead atoms. The van der Waals surface area contributed by atoms with E-state index in [1.165, 1.54) is 38.5 Å². The van der Waals surface area contributed by atoms with Crippen molar-refractivity contribution in [3.8, 4) is 0 Å². The summed E-state index contributed by atoms with van der Waals surface area (Å²) >= 11 is 0. The summed E-state index contributed by atoms with van der Waals surface area (Å²) in [5.41, 5.74) is -3.90. The minimum atomic E-state index is -2.09. The van der Waals surface area contributed by atoms with E-state index < -0.39 is 58.0 Å². The molecule has 0 aliphatic heterocycles. The van der Waals surface area contributed by atoms with E-state index >= 15 is 0 Å². The number of hydrogen-bond donors (Lipinski definition) is 2. The van der Waals surface area contributed by atoms with Crippen LogP contribution in [-0.4, -0.2) is 51.3 Å². The minimum absolute atomic E-state index is 0.0229. The first kappa shape index (κ1) is 35.9. The Hall–Kier alpha value is -1.99. The number of Topliss-reactive ketones (excluding diaryl/α,β-unsaturated/α-hetero) is 1. The van der Waals surface area contributed by atoms with Crippen molar-refractivity contribution in [1.82, 2.24) is 0 Å². The van der Waals surface area contributed by atoms with Crippen molar-refractivity contribution in [2.45, 2.75) is 156 Å². The molecule has 0 radical (unpaired) electrons. The first-order chi connectivity index (χ1) is 21.0. The lowest BCUT2D eigenvalue weighted by Crippen LogP contribution is -2.65. The van der Waals surface area contributed by atoms with Crippen LogP contribution >= 0.6 is 0 Å². The number of fused-ring (bicyclic) bond motifs is 3. The Kier molecular flexibility index (Phi) is 10.6. The topological polar surface area (TPSA) is 110 Å². The summed E-state index contributed by atoms with van der Waals surface area (Å²) in [7, 11) is 0. The number of rotatable bonds is 14. The van der Waals surface area contributed by atoms with E-state index in [1.807, 2.05) is 20.8 Å². The van der Waals surface area contributed by atoms with Gasteiger partial charge in [0.1, 0.15) is 11.7 Å². The predicted molar refractivity (Wildman–Crippen MR) is 175 cm³/mol. The second-order valence-electron chi connectivity index (χ2n) is 15.9. The van der Waals surface area contributed by atoms with Gasteiger partial charge in [0.05, 0.1) is 11.3 Å². The highest BCUT2D eigenvalue weighted by Crippen LogP contribution is 2.75. The third-order valence-electron chi connectivity index (χ3n) is 12.4. The third kappa shape index (κ3) is 5.76. The maximum atomic E-state index is 14.8. The van der Waals surface area contributed by atoms with Crippen molar-refractivity contribution in [3.05, 3.63) is 23.3 Å². The minimum Gasteiger partial charge on any atom is -0.458 e. The fourth-order valence-corrected chi connectivity index (χ4v) is 9.20. The number of esters is 2. The molecule has 0 amide bonds. The van der Waals surface area contributed by atoms with Gasteiger partial charge in [-0.25, -0.2) is 0 Å². The molecule has 1 spiro atoms.